The Kier molecular flexibility index (Phi) is 5.43. The highest BCUT2D eigenvalue weighted by molar-refractivity contribution is 7.92. The van der Waals surface area contributed by atoms with E-state index in [0.717, 1.165) is 18.5 Å². The minimum absolute atomic E-state index is 0.713. The van der Waals surface area contributed by atoms with E-state index in [1.165, 1.54) is 45.0 Å². The molecule has 0 atom stereocenters. The third kappa shape index (κ3) is 5.13. The fraction of sp³-hybridized carbons (Fsp3) is 0.600. The summed E-state index contributed by atoms with van der Waals surface area (Å²) in [5.41, 5.74) is 1.78. The van der Waals surface area contributed by atoms with E-state index in [9.17, 15) is 8.42 Å². The zero-order valence-corrected chi connectivity index (χ0v) is 13.0. The van der Waals surface area contributed by atoms with Crippen molar-refractivity contribution >= 4 is 15.7 Å². The lowest BCUT2D eigenvalue weighted by atomic mass is 10.1. The fourth-order valence-corrected chi connectivity index (χ4v) is 3.27. The maximum Gasteiger partial charge on any atom is 0.229 e. The minimum Gasteiger partial charge on any atom is -0.303 e. The lowest BCUT2D eigenvalue weighted by Crippen LogP contribution is -2.27. The van der Waals surface area contributed by atoms with Crippen LogP contribution in [-0.4, -0.2) is 39.2 Å². The second-order valence-electron chi connectivity index (χ2n) is 5.54. The molecule has 1 heterocycles. The normalized spacial score (nSPS) is 17.6. The summed E-state index contributed by atoms with van der Waals surface area (Å²) in [7, 11) is -3.21. The van der Waals surface area contributed by atoms with Crippen LogP contribution < -0.4 is 4.72 Å². The van der Waals surface area contributed by atoms with Crippen molar-refractivity contribution in [3.05, 3.63) is 29.8 Å². The lowest BCUT2D eigenvalue weighted by Gasteiger charge is -2.20. The SMILES string of the molecule is CS(=O)(=O)Nc1ccccc1CCN1CCCCCC1. The average Bonchev–Trinajstić information content (AvgIpc) is 2.64. The Hall–Kier alpha value is -1.07. The van der Waals surface area contributed by atoms with E-state index in [2.05, 4.69) is 9.62 Å². The standard InChI is InChI=1S/C15H24N2O2S/c1-20(18,19)16-15-9-5-4-8-14(15)10-13-17-11-6-2-3-7-12-17/h4-5,8-9,16H,2-3,6-7,10-13H2,1H3. The molecule has 0 radical (unpaired) electrons. The van der Waals surface area contributed by atoms with E-state index < -0.39 is 10.0 Å². The molecule has 1 saturated heterocycles. The molecule has 0 saturated carbocycles. The van der Waals surface area contributed by atoms with E-state index in [1.807, 2.05) is 24.3 Å². The highest BCUT2D eigenvalue weighted by Gasteiger charge is 2.11. The molecule has 1 fully saturated rings. The lowest BCUT2D eigenvalue weighted by molar-refractivity contribution is 0.289. The van der Waals surface area contributed by atoms with Crippen molar-refractivity contribution in [2.75, 3.05) is 30.6 Å². The summed E-state index contributed by atoms with van der Waals surface area (Å²) in [6.45, 7) is 3.34. The van der Waals surface area contributed by atoms with Crippen LogP contribution in [0.3, 0.4) is 0 Å². The van der Waals surface area contributed by atoms with Gasteiger partial charge in [-0.15, -0.1) is 0 Å². The number of likely N-dealkylation sites (tertiary alicyclic amines) is 1. The maximum atomic E-state index is 11.4. The minimum atomic E-state index is -3.21. The van der Waals surface area contributed by atoms with Crippen molar-refractivity contribution in [1.29, 1.82) is 0 Å². The number of hydrogen-bond acceptors (Lipinski definition) is 3. The second-order valence-corrected chi connectivity index (χ2v) is 7.29. The number of nitrogens with one attached hydrogen (secondary N) is 1. The van der Waals surface area contributed by atoms with Gasteiger partial charge in [-0.25, -0.2) is 8.42 Å². The predicted molar refractivity (Wildman–Crippen MR) is 83.5 cm³/mol. The van der Waals surface area contributed by atoms with Gasteiger partial charge >= 0.3 is 0 Å². The largest absolute Gasteiger partial charge is 0.303 e. The zero-order valence-electron chi connectivity index (χ0n) is 12.1. The van der Waals surface area contributed by atoms with Crippen molar-refractivity contribution in [1.82, 2.24) is 4.90 Å². The topological polar surface area (TPSA) is 49.4 Å². The molecule has 0 bridgehead atoms. The average molecular weight is 296 g/mol. The molecule has 1 aromatic carbocycles. The van der Waals surface area contributed by atoms with Crippen molar-refractivity contribution in [2.24, 2.45) is 0 Å². The van der Waals surface area contributed by atoms with Gasteiger partial charge in [0.2, 0.25) is 10.0 Å². The van der Waals surface area contributed by atoms with Crippen molar-refractivity contribution in [3.63, 3.8) is 0 Å². The number of hydrogen-bond donors (Lipinski definition) is 1. The summed E-state index contributed by atoms with van der Waals surface area (Å²) >= 11 is 0. The molecule has 1 aliphatic heterocycles. The number of sulfonamides is 1. The summed E-state index contributed by atoms with van der Waals surface area (Å²) in [6, 6.07) is 7.66. The van der Waals surface area contributed by atoms with Crippen LogP contribution in [0.15, 0.2) is 24.3 Å². The van der Waals surface area contributed by atoms with Crippen LogP contribution in [0.2, 0.25) is 0 Å². The molecule has 4 nitrogen and oxygen atoms in total. The van der Waals surface area contributed by atoms with E-state index >= 15 is 0 Å². The molecule has 0 unspecified atom stereocenters. The van der Waals surface area contributed by atoms with Crippen LogP contribution in [0, 0.1) is 0 Å². The van der Waals surface area contributed by atoms with E-state index in [1.54, 1.807) is 0 Å². The van der Waals surface area contributed by atoms with Crippen LogP contribution >= 0.6 is 0 Å². The van der Waals surface area contributed by atoms with Gasteiger partial charge in [-0.3, -0.25) is 4.72 Å². The third-order valence-corrected chi connectivity index (χ3v) is 4.30. The molecular formula is C15H24N2O2S. The summed E-state index contributed by atoms with van der Waals surface area (Å²) in [5.74, 6) is 0. The van der Waals surface area contributed by atoms with Gasteiger partial charge in [-0.1, -0.05) is 31.0 Å². The Morgan fingerprint density at radius 1 is 1.10 bits per heavy atom. The molecule has 1 aliphatic rings. The summed E-state index contributed by atoms with van der Waals surface area (Å²) in [6.07, 6.45) is 7.31. The molecule has 1 aromatic rings. The molecule has 1 N–H and O–H groups in total. The Labute approximate surface area is 122 Å². The smallest absolute Gasteiger partial charge is 0.229 e. The maximum absolute atomic E-state index is 11.4. The zero-order chi connectivity index (χ0) is 14.4. The molecule has 0 spiro atoms. The van der Waals surface area contributed by atoms with Gasteiger partial charge in [0, 0.05) is 6.54 Å². The third-order valence-electron chi connectivity index (χ3n) is 3.71. The van der Waals surface area contributed by atoms with Gasteiger partial charge in [-0.2, -0.15) is 0 Å². The van der Waals surface area contributed by atoms with Gasteiger partial charge in [-0.05, 0) is 44.0 Å². The van der Waals surface area contributed by atoms with Crippen LogP contribution in [0.4, 0.5) is 5.69 Å². The second kappa shape index (κ2) is 7.09. The molecule has 0 amide bonds. The van der Waals surface area contributed by atoms with Crippen LogP contribution in [0.25, 0.3) is 0 Å². The molecular weight excluding hydrogens is 272 g/mol. The molecule has 112 valence electrons. The first-order valence-corrected chi connectivity index (χ1v) is 9.22. The predicted octanol–water partition coefficient (Wildman–Crippen LogP) is 2.48. The van der Waals surface area contributed by atoms with Gasteiger partial charge < -0.3 is 4.90 Å². The monoisotopic (exact) mass is 296 g/mol. The van der Waals surface area contributed by atoms with Crippen LogP contribution in [-0.2, 0) is 16.4 Å². The first-order chi connectivity index (χ1) is 9.54. The molecule has 0 aromatic heterocycles. The quantitative estimate of drug-likeness (QED) is 0.908. The summed E-state index contributed by atoms with van der Waals surface area (Å²) < 4.78 is 25.4. The Bertz CT molecular complexity index is 520. The molecule has 0 aliphatic carbocycles. The summed E-state index contributed by atoms with van der Waals surface area (Å²) in [5, 5.41) is 0. The van der Waals surface area contributed by atoms with Gasteiger partial charge in [0.1, 0.15) is 0 Å². The Morgan fingerprint density at radius 3 is 2.40 bits per heavy atom. The number of benzene rings is 1. The highest BCUT2D eigenvalue weighted by atomic mass is 32.2. The first-order valence-electron chi connectivity index (χ1n) is 7.33. The first kappa shape index (κ1) is 15.3. The van der Waals surface area contributed by atoms with Crippen LogP contribution in [0.1, 0.15) is 31.2 Å². The Balaban J connectivity index is 1.98. The van der Waals surface area contributed by atoms with Crippen molar-refractivity contribution in [2.45, 2.75) is 32.1 Å². The number of anilines is 1. The van der Waals surface area contributed by atoms with Gasteiger partial charge in [0.05, 0.1) is 11.9 Å². The van der Waals surface area contributed by atoms with E-state index in [4.69, 9.17) is 0 Å². The fourth-order valence-electron chi connectivity index (χ4n) is 2.68. The highest BCUT2D eigenvalue weighted by Crippen LogP contribution is 2.18. The van der Waals surface area contributed by atoms with Gasteiger partial charge in [0.15, 0.2) is 0 Å². The van der Waals surface area contributed by atoms with Gasteiger partial charge in [0.25, 0.3) is 0 Å². The molecule has 5 heteroatoms. The van der Waals surface area contributed by atoms with E-state index in [-0.39, 0.29) is 0 Å². The molecule has 20 heavy (non-hydrogen) atoms. The number of rotatable bonds is 5. The van der Waals surface area contributed by atoms with E-state index in [0.29, 0.717) is 5.69 Å². The summed E-state index contributed by atoms with van der Waals surface area (Å²) in [4.78, 5) is 2.49. The van der Waals surface area contributed by atoms with Crippen molar-refractivity contribution in [3.8, 4) is 0 Å². The molecule has 2 rings (SSSR count). The van der Waals surface area contributed by atoms with Crippen molar-refractivity contribution < 1.29 is 8.42 Å². The number of nitrogens with zero attached hydrogens (tertiary/aromatic N) is 1. The number of para-hydroxylation sites is 1. The van der Waals surface area contributed by atoms with Crippen LogP contribution in [0.5, 0.6) is 0 Å². The Morgan fingerprint density at radius 2 is 1.75 bits per heavy atom.